The van der Waals surface area contributed by atoms with E-state index in [0.717, 1.165) is 45.1 Å². The summed E-state index contributed by atoms with van der Waals surface area (Å²) >= 11 is 0. The fourth-order valence-corrected chi connectivity index (χ4v) is 11.4. The van der Waals surface area contributed by atoms with Crippen LogP contribution in [0.15, 0.2) is 0 Å². The van der Waals surface area contributed by atoms with Gasteiger partial charge in [0.2, 0.25) is 0 Å². The van der Waals surface area contributed by atoms with Gasteiger partial charge in [-0.2, -0.15) is 0 Å². The van der Waals surface area contributed by atoms with Crippen LogP contribution in [0.3, 0.4) is 0 Å². The van der Waals surface area contributed by atoms with Gasteiger partial charge in [0.1, 0.15) is 6.10 Å². The topological polar surface area (TPSA) is 65.0 Å². The SMILES string of the molecule is CC(=O)O[C@H]1CC[C@@]2(C)[C@H](CC[C@H]3[C@H]2[C@@](C)(O)C[C@]2(C)[C@H]4[C@H](C[C@@H]32)O[C@]2(CC[C@H](C)CO2)[C@@H]4C)C1. The first-order valence-corrected chi connectivity index (χ1v) is 14.6. The van der Waals surface area contributed by atoms with Crippen LogP contribution >= 0.6 is 0 Å². The predicted octanol–water partition coefficient (Wildman–Crippen LogP) is 5.73. The Kier molecular flexibility index (Phi) is 5.59. The van der Waals surface area contributed by atoms with Crippen LogP contribution < -0.4 is 0 Å². The maximum atomic E-state index is 12.3. The molecule has 0 aromatic rings. The molecule has 35 heavy (non-hydrogen) atoms. The van der Waals surface area contributed by atoms with Gasteiger partial charge in [-0.15, -0.1) is 0 Å². The summed E-state index contributed by atoms with van der Waals surface area (Å²) in [6.45, 7) is 14.1. The first kappa shape index (κ1) is 24.7. The molecule has 1 N–H and O–H groups in total. The van der Waals surface area contributed by atoms with Crippen molar-refractivity contribution in [2.45, 2.75) is 123 Å². The van der Waals surface area contributed by atoms with Gasteiger partial charge in [-0.25, -0.2) is 0 Å². The molecule has 0 amide bonds. The Bertz CT molecular complexity index is 861. The molecule has 5 heteroatoms. The molecule has 1 spiro atoms. The van der Waals surface area contributed by atoms with Crippen LogP contribution in [0.1, 0.15) is 99.3 Å². The highest BCUT2D eigenvalue weighted by Crippen LogP contribution is 2.73. The highest BCUT2D eigenvalue weighted by Gasteiger charge is 2.72. The van der Waals surface area contributed by atoms with Crippen molar-refractivity contribution in [3.05, 3.63) is 0 Å². The molecule has 2 heterocycles. The smallest absolute Gasteiger partial charge is 0.302 e. The highest BCUT2D eigenvalue weighted by atomic mass is 16.7. The van der Waals surface area contributed by atoms with Gasteiger partial charge >= 0.3 is 5.97 Å². The third-order valence-electron chi connectivity index (χ3n) is 12.4. The lowest BCUT2D eigenvalue weighted by molar-refractivity contribution is -0.276. The normalized spacial score (nSPS) is 59.3. The van der Waals surface area contributed by atoms with E-state index in [1.165, 1.54) is 26.2 Å². The largest absolute Gasteiger partial charge is 0.463 e. The lowest BCUT2D eigenvalue weighted by atomic mass is 9.41. The first-order chi connectivity index (χ1) is 16.4. The van der Waals surface area contributed by atoms with E-state index in [2.05, 4.69) is 34.6 Å². The molecule has 0 bridgehead atoms. The highest BCUT2D eigenvalue weighted by molar-refractivity contribution is 5.66. The van der Waals surface area contributed by atoms with Gasteiger partial charge in [-0.1, -0.05) is 27.7 Å². The zero-order valence-corrected chi connectivity index (χ0v) is 22.8. The van der Waals surface area contributed by atoms with Crippen molar-refractivity contribution in [3.8, 4) is 0 Å². The second kappa shape index (κ2) is 7.93. The predicted molar refractivity (Wildman–Crippen MR) is 133 cm³/mol. The minimum absolute atomic E-state index is 0.0513. The fraction of sp³-hybridized carbons (Fsp3) is 0.967. The van der Waals surface area contributed by atoms with E-state index >= 15 is 0 Å². The summed E-state index contributed by atoms with van der Waals surface area (Å²) in [4.78, 5) is 11.6. The fourth-order valence-electron chi connectivity index (χ4n) is 11.4. The second-order valence-corrected chi connectivity index (χ2v) is 14.5. The van der Waals surface area contributed by atoms with E-state index in [0.29, 0.717) is 41.4 Å². The summed E-state index contributed by atoms with van der Waals surface area (Å²) in [6, 6.07) is 0. The molecule has 4 aliphatic carbocycles. The summed E-state index contributed by atoms with van der Waals surface area (Å²) in [6.07, 6.45) is 9.79. The molecule has 6 fully saturated rings. The van der Waals surface area contributed by atoms with Gasteiger partial charge in [-0.05, 0) is 105 Å². The number of hydrogen-bond donors (Lipinski definition) is 1. The molecule has 0 aromatic carbocycles. The minimum atomic E-state index is -0.691. The Morgan fingerprint density at radius 1 is 1.00 bits per heavy atom. The van der Waals surface area contributed by atoms with Crippen molar-refractivity contribution >= 4 is 5.97 Å². The summed E-state index contributed by atoms with van der Waals surface area (Å²) in [5.74, 6) is 2.85. The maximum absolute atomic E-state index is 12.3. The van der Waals surface area contributed by atoms with E-state index in [-0.39, 0.29) is 29.0 Å². The van der Waals surface area contributed by atoms with Crippen LogP contribution in [-0.4, -0.2) is 41.3 Å². The Morgan fingerprint density at radius 2 is 1.77 bits per heavy atom. The van der Waals surface area contributed by atoms with Gasteiger partial charge in [0.05, 0.1) is 18.3 Å². The number of esters is 1. The van der Waals surface area contributed by atoms with Gasteiger partial charge in [0.25, 0.3) is 0 Å². The van der Waals surface area contributed by atoms with Gasteiger partial charge in [-0.3, -0.25) is 4.79 Å². The van der Waals surface area contributed by atoms with Crippen molar-refractivity contribution < 1.29 is 24.1 Å². The molecule has 6 rings (SSSR count). The van der Waals surface area contributed by atoms with Crippen LogP contribution in [0, 0.1) is 52.3 Å². The van der Waals surface area contributed by atoms with Crippen LogP contribution in [0.4, 0.5) is 0 Å². The lowest BCUT2D eigenvalue weighted by Gasteiger charge is -2.65. The van der Waals surface area contributed by atoms with Crippen LogP contribution in [-0.2, 0) is 19.0 Å². The minimum Gasteiger partial charge on any atom is -0.463 e. The number of hydrogen-bond acceptors (Lipinski definition) is 5. The molecule has 198 valence electrons. The molecule has 0 radical (unpaired) electrons. The molecule has 2 saturated heterocycles. The van der Waals surface area contributed by atoms with E-state index in [9.17, 15) is 9.90 Å². The summed E-state index contributed by atoms with van der Waals surface area (Å²) < 4.78 is 19.0. The summed E-state index contributed by atoms with van der Waals surface area (Å²) in [7, 11) is 0. The monoisotopic (exact) mass is 488 g/mol. The Balaban J connectivity index is 1.28. The lowest BCUT2D eigenvalue weighted by Crippen LogP contribution is -2.64. The molecule has 2 aliphatic heterocycles. The number of carbonyl (C=O) groups is 1. The molecule has 13 atom stereocenters. The quantitative estimate of drug-likeness (QED) is 0.478. The molecular weight excluding hydrogens is 440 g/mol. The van der Waals surface area contributed by atoms with E-state index in [1.807, 2.05) is 0 Å². The van der Waals surface area contributed by atoms with Gasteiger partial charge in [0.15, 0.2) is 5.79 Å². The molecular formula is C30H48O5. The first-order valence-electron chi connectivity index (χ1n) is 14.6. The number of fused-ring (bicyclic) bond motifs is 7. The van der Waals surface area contributed by atoms with Gasteiger partial charge < -0.3 is 19.3 Å². The average molecular weight is 489 g/mol. The second-order valence-electron chi connectivity index (χ2n) is 14.5. The van der Waals surface area contributed by atoms with Crippen molar-refractivity contribution in [3.63, 3.8) is 0 Å². The van der Waals surface area contributed by atoms with Crippen LogP contribution in [0.5, 0.6) is 0 Å². The van der Waals surface area contributed by atoms with Crippen molar-refractivity contribution in [1.29, 1.82) is 0 Å². The zero-order chi connectivity index (χ0) is 25.0. The number of aliphatic hydroxyl groups is 1. The molecule has 0 aromatic heterocycles. The van der Waals surface area contributed by atoms with E-state index in [4.69, 9.17) is 14.2 Å². The number of ether oxygens (including phenoxy) is 3. The Hall–Kier alpha value is -0.650. The van der Waals surface area contributed by atoms with Crippen LogP contribution in [0.2, 0.25) is 0 Å². The van der Waals surface area contributed by atoms with Crippen molar-refractivity contribution in [1.82, 2.24) is 0 Å². The van der Waals surface area contributed by atoms with Crippen molar-refractivity contribution in [2.24, 2.45) is 52.3 Å². The third-order valence-corrected chi connectivity index (χ3v) is 12.4. The molecule has 4 saturated carbocycles. The third kappa shape index (κ3) is 3.46. The zero-order valence-electron chi connectivity index (χ0n) is 22.8. The van der Waals surface area contributed by atoms with Crippen LogP contribution in [0.25, 0.3) is 0 Å². The summed E-state index contributed by atoms with van der Waals surface area (Å²) in [5.41, 5.74) is -0.495. The Morgan fingerprint density at radius 3 is 2.46 bits per heavy atom. The molecule has 5 nitrogen and oxygen atoms in total. The summed E-state index contributed by atoms with van der Waals surface area (Å²) in [5, 5.41) is 12.3. The Labute approximate surface area is 212 Å². The van der Waals surface area contributed by atoms with E-state index in [1.54, 1.807) is 0 Å². The van der Waals surface area contributed by atoms with Gasteiger partial charge in [0, 0.05) is 19.3 Å². The molecule has 0 unspecified atom stereocenters. The average Bonchev–Trinajstić information content (AvgIpc) is 3.19. The molecule has 6 aliphatic rings. The standard InChI is InChI=1S/C30H48O5/c1-17-9-12-30(33-15-17)18(2)25-24(35-30)14-23-22-8-7-20-13-21(34-19(3)31)10-11-27(20,4)26(22)29(6,32)16-28(23,25)5/h17-18,20-26,32H,7-16H2,1-6H3/t17-,18+,20+,21-,22+,23-,24-,25+,26+,27-,28-,29-,30+/m0/s1. The van der Waals surface area contributed by atoms with Crippen molar-refractivity contribution in [2.75, 3.05) is 6.61 Å². The number of rotatable bonds is 1. The maximum Gasteiger partial charge on any atom is 0.302 e. The number of carbonyl (C=O) groups excluding carboxylic acids is 1. The van der Waals surface area contributed by atoms with E-state index < -0.39 is 11.4 Å².